The third-order valence-electron chi connectivity index (χ3n) is 6.09. The van der Waals surface area contributed by atoms with E-state index in [1.54, 1.807) is 36.1 Å². The lowest BCUT2D eigenvalue weighted by molar-refractivity contribution is -0.141. The number of ether oxygens (including phenoxy) is 1. The highest BCUT2D eigenvalue weighted by Crippen LogP contribution is 2.36. The number of carbonyl (C=O) groups excluding carboxylic acids is 1. The Kier molecular flexibility index (Phi) is 6.68. The van der Waals surface area contributed by atoms with Gasteiger partial charge in [-0.15, -0.1) is 0 Å². The molecule has 0 spiro atoms. The van der Waals surface area contributed by atoms with E-state index in [1.165, 1.54) is 13.0 Å². The molecular weight excluding hydrogens is 461 g/mol. The zero-order chi connectivity index (χ0) is 25.5. The van der Waals surface area contributed by atoms with Gasteiger partial charge in [0.1, 0.15) is 11.5 Å². The molecule has 1 aliphatic rings. The first kappa shape index (κ1) is 24.8. The van der Waals surface area contributed by atoms with Crippen molar-refractivity contribution < 1.29 is 22.7 Å². The van der Waals surface area contributed by atoms with Crippen molar-refractivity contribution in [2.75, 3.05) is 13.1 Å². The first-order valence-corrected chi connectivity index (χ1v) is 11.4. The van der Waals surface area contributed by atoms with Crippen molar-refractivity contribution in [3.05, 3.63) is 68.9 Å². The van der Waals surface area contributed by atoms with E-state index >= 15 is 0 Å². The average Bonchev–Trinajstić information content (AvgIpc) is 2.77. The molecule has 1 aromatic carbocycles. The number of aromatic nitrogens is 3. The number of hydrogen-bond donors (Lipinski definition) is 1. The molecule has 3 aromatic rings. The minimum Gasteiger partial charge on any atom is -0.372 e. The molecule has 0 aliphatic carbocycles. The molecule has 0 unspecified atom stereocenters. The van der Waals surface area contributed by atoms with Gasteiger partial charge in [0.25, 0.3) is 11.5 Å². The second-order valence-electron chi connectivity index (χ2n) is 9.22. The Bertz CT molecular complexity index is 1290. The first-order chi connectivity index (χ1) is 16.4. The molecule has 35 heavy (non-hydrogen) atoms. The van der Waals surface area contributed by atoms with Crippen LogP contribution >= 0.6 is 0 Å². The summed E-state index contributed by atoms with van der Waals surface area (Å²) < 4.78 is 47.1. The topological polar surface area (TPSA) is 88.2 Å². The molecule has 1 saturated heterocycles. The van der Waals surface area contributed by atoms with Crippen LogP contribution in [-0.2, 0) is 17.3 Å². The molecule has 4 rings (SSSR count). The van der Waals surface area contributed by atoms with Crippen molar-refractivity contribution in [3.8, 4) is 0 Å². The predicted octanol–water partition coefficient (Wildman–Crippen LogP) is 4.24. The van der Waals surface area contributed by atoms with Crippen LogP contribution in [0.15, 0.2) is 35.1 Å². The van der Waals surface area contributed by atoms with Gasteiger partial charge < -0.3 is 14.6 Å². The predicted molar refractivity (Wildman–Crippen MR) is 124 cm³/mol. The zero-order valence-corrected chi connectivity index (χ0v) is 19.9. The molecule has 1 fully saturated rings. The number of pyridine rings is 1. The number of rotatable bonds is 4. The molecule has 1 N–H and O–H groups in total. The molecule has 1 aliphatic heterocycles. The van der Waals surface area contributed by atoms with Gasteiger partial charge in [-0.2, -0.15) is 13.2 Å². The minimum atomic E-state index is -4.70. The van der Waals surface area contributed by atoms with Crippen molar-refractivity contribution in [2.24, 2.45) is 0 Å². The summed E-state index contributed by atoms with van der Waals surface area (Å²) in [6.45, 7) is 7.99. The Balaban J connectivity index is 1.59. The fourth-order valence-corrected chi connectivity index (χ4v) is 4.57. The highest BCUT2D eigenvalue weighted by atomic mass is 19.4. The van der Waals surface area contributed by atoms with Crippen molar-refractivity contribution in [1.82, 2.24) is 19.9 Å². The van der Waals surface area contributed by atoms with E-state index in [0.717, 1.165) is 5.56 Å². The molecule has 1 amide bonds. The lowest BCUT2D eigenvalue weighted by Crippen LogP contribution is -2.48. The molecule has 186 valence electrons. The standard InChI is InChI=1S/C25H27F3N4O3/c1-13(19-10-20-22(29-16(4)30-23(20)33)31-21(19)25(26,27)28)9-17-5-7-18(8-6-17)24(34)32-11-14(2)35-15(3)12-32/h5-8,10,13-15H,9,11-12H2,1-4H3,(H,29,30,31,33)/t13-,14-,15+/m1/s1. The van der Waals surface area contributed by atoms with Crippen molar-refractivity contribution in [2.45, 2.75) is 58.4 Å². The van der Waals surface area contributed by atoms with Crippen LogP contribution in [0.2, 0.25) is 0 Å². The summed E-state index contributed by atoms with van der Waals surface area (Å²) in [6.07, 6.45) is -4.52. The van der Waals surface area contributed by atoms with E-state index in [0.29, 0.717) is 18.7 Å². The summed E-state index contributed by atoms with van der Waals surface area (Å²) in [5.41, 5.74) is -0.600. The van der Waals surface area contributed by atoms with E-state index in [4.69, 9.17) is 4.74 Å². The van der Waals surface area contributed by atoms with E-state index in [9.17, 15) is 22.8 Å². The molecule has 0 radical (unpaired) electrons. The molecule has 2 aromatic heterocycles. The van der Waals surface area contributed by atoms with E-state index in [-0.39, 0.29) is 47.0 Å². The zero-order valence-electron chi connectivity index (χ0n) is 19.9. The number of hydrogen-bond acceptors (Lipinski definition) is 5. The third-order valence-corrected chi connectivity index (χ3v) is 6.09. The Hall–Kier alpha value is -3.27. The maximum absolute atomic E-state index is 13.8. The van der Waals surface area contributed by atoms with Gasteiger partial charge in [-0.05, 0) is 62.4 Å². The second kappa shape index (κ2) is 9.41. The van der Waals surface area contributed by atoms with E-state index in [2.05, 4.69) is 15.0 Å². The highest BCUT2D eigenvalue weighted by Gasteiger charge is 2.37. The first-order valence-electron chi connectivity index (χ1n) is 11.4. The number of carbonyl (C=O) groups is 1. The van der Waals surface area contributed by atoms with Crippen molar-refractivity contribution in [3.63, 3.8) is 0 Å². The maximum Gasteiger partial charge on any atom is 0.433 e. The van der Waals surface area contributed by atoms with Crippen LogP contribution < -0.4 is 5.56 Å². The van der Waals surface area contributed by atoms with E-state index in [1.807, 2.05) is 13.8 Å². The van der Waals surface area contributed by atoms with Crippen LogP contribution in [0.1, 0.15) is 59.7 Å². The summed E-state index contributed by atoms with van der Waals surface area (Å²) in [4.78, 5) is 37.1. The fraction of sp³-hybridized carbons (Fsp3) is 0.440. The second-order valence-corrected chi connectivity index (χ2v) is 9.22. The number of amides is 1. The molecular formula is C25H27F3N4O3. The highest BCUT2D eigenvalue weighted by molar-refractivity contribution is 5.94. The monoisotopic (exact) mass is 488 g/mol. The number of benzene rings is 1. The van der Waals surface area contributed by atoms with Gasteiger partial charge in [0, 0.05) is 18.7 Å². The van der Waals surface area contributed by atoms with Gasteiger partial charge >= 0.3 is 6.18 Å². The SMILES string of the molecule is Cc1nc2nc(C(F)(F)F)c([C@H](C)Cc3ccc(C(=O)N4C[C@@H](C)O[C@@H](C)C4)cc3)cc2c(=O)[nH]1. The van der Waals surface area contributed by atoms with Crippen molar-refractivity contribution >= 4 is 16.9 Å². The van der Waals surface area contributed by atoms with Crippen molar-refractivity contribution in [1.29, 1.82) is 0 Å². The lowest BCUT2D eigenvalue weighted by Gasteiger charge is -2.35. The average molecular weight is 489 g/mol. The molecule has 7 nitrogen and oxygen atoms in total. The van der Waals surface area contributed by atoms with Gasteiger partial charge in [-0.3, -0.25) is 9.59 Å². The summed E-state index contributed by atoms with van der Waals surface area (Å²) >= 11 is 0. The van der Waals surface area contributed by atoms with Gasteiger partial charge in [-0.1, -0.05) is 19.1 Å². The van der Waals surface area contributed by atoms with Crippen LogP contribution in [0.3, 0.4) is 0 Å². The van der Waals surface area contributed by atoms with Gasteiger partial charge in [-0.25, -0.2) is 9.97 Å². The Morgan fingerprint density at radius 2 is 1.80 bits per heavy atom. The number of nitrogens with zero attached hydrogens (tertiary/aromatic N) is 3. The number of fused-ring (bicyclic) bond motifs is 1. The molecule has 10 heteroatoms. The molecule has 0 bridgehead atoms. The van der Waals surface area contributed by atoms with E-state index < -0.39 is 23.3 Å². The number of halogens is 3. The van der Waals surface area contributed by atoms with Crippen LogP contribution in [0.25, 0.3) is 11.0 Å². The minimum absolute atomic E-state index is 0.0142. The Morgan fingerprint density at radius 3 is 2.40 bits per heavy atom. The Morgan fingerprint density at radius 1 is 1.17 bits per heavy atom. The quantitative estimate of drug-likeness (QED) is 0.594. The largest absolute Gasteiger partial charge is 0.433 e. The number of nitrogens with one attached hydrogen (secondary N) is 1. The number of aromatic amines is 1. The third kappa shape index (κ3) is 5.37. The number of alkyl halides is 3. The van der Waals surface area contributed by atoms with Crippen LogP contribution in [0.5, 0.6) is 0 Å². The number of aryl methyl sites for hydroxylation is 1. The molecule has 3 heterocycles. The molecule has 3 atom stereocenters. The van der Waals surface area contributed by atoms with Gasteiger partial charge in [0.05, 0.1) is 17.6 Å². The number of H-pyrrole nitrogens is 1. The Labute approximate surface area is 200 Å². The van der Waals surface area contributed by atoms with Gasteiger partial charge in [0.15, 0.2) is 5.65 Å². The molecule has 0 saturated carbocycles. The summed E-state index contributed by atoms with van der Waals surface area (Å²) in [5, 5.41) is 0.0142. The van der Waals surface area contributed by atoms with Crippen LogP contribution in [0, 0.1) is 6.92 Å². The lowest BCUT2D eigenvalue weighted by atomic mass is 9.91. The normalized spacial score (nSPS) is 19.7. The smallest absolute Gasteiger partial charge is 0.372 e. The summed E-state index contributed by atoms with van der Waals surface area (Å²) in [6, 6.07) is 8.11. The maximum atomic E-state index is 13.8. The van der Waals surface area contributed by atoms with Crippen LogP contribution in [0.4, 0.5) is 13.2 Å². The summed E-state index contributed by atoms with van der Waals surface area (Å²) in [5.74, 6) is -0.502. The summed E-state index contributed by atoms with van der Waals surface area (Å²) in [7, 11) is 0. The number of morpholine rings is 1. The van der Waals surface area contributed by atoms with Crippen LogP contribution in [-0.4, -0.2) is 51.1 Å². The fourth-order valence-electron chi connectivity index (χ4n) is 4.57. The van der Waals surface area contributed by atoms with Gasteiger partial charge in [0.2, 0.25) is 0 Å².